The first kappa shape index (κ1) is 19.8. The van der Waals surface area contributed by atoms with E-state index in [0.717, 1.165) is 37.4 Å². The normalized spacial score (nSPS) is 17.3. The minimum Gasteiger partial charge on any atom is -0.493 e. The molecular weight excluding hydrogens is 314 g/mol. The summed E-state index contributed by atoms with van der Waals surface area (Å²) in [5, 5.41) is 9.68. The summed E-state index contributed by atoms with van der Waals surface area (Å²) in [6.07, 6.45) is 4.49. The number of aryl methyl sites for hydroxylation is 2. The highest BCUT2D eigenvalue weighted by atomic mass is 16.5. The van der Waals surface area contributed by atoms with E-state index in [2.05, 4.69) is 30.0 Å². The van der Waals surface area contributed by atoms with Gasteiger partial charge in [0.1, 0.15) is 5.75 Å². The Morgan fingerprint density at radius 1 is 1.24 bits per heavy atom. The average molecular weight is 347 g/mol. The molecule has 140 valence electrons. The van der Waals surface area contributed by atoms with Crippen molar-refractivity contribution in [3.05, 3.63) is 29.3 Å². The zero-order valence-corrected chi connectivity index (χ0v) is 16.2. The van der Waals surface area contributed by atoms with E-state index in [0.29, 0.717) is 6.61 Å². The molecule has 1 N–H and O–H groups in total. The van der Waals surface area contributed by atoms with Gasteiger partial charge >= 0.3 is 5.97 Å². The molecule has 0 aromatic heterocycles. The Morgan fingerprint density at radius 3 is 2.56 bits per heavy atom. The van der Waals surface area contributed by atoms with Gasteiger partial charge in [0.25, 0.3) is 0 Å². The third kappa shape index (κ3) is 5.46. The second kappa shape index (κ2) is 8.70. The highest BCUT2D eigenvalue weighted by Gasteiger charge is 2.37. The molecule has 1 heterocycles. The highest BCUT2D eigenvalue weighted by Crippen LogP contribution is 2.32. The number of rotatable bonds is 8. The number of hydrogen-bond acceptors (Lipinski definition) is 3. The first-order valence-corrected chi connectivity index (χ1v) is 9.46. The Balaban J connectivity index is 1.99. The summed E-state index contributed by atoms with van der Waals surface area (Å²) in [5.41, 5.74) is 1.55. The summed E-state index contributed by atoms with van der Waals surface area (Å²) >= 11 is 0. The molecule has 4 heteroatoms. The van der Waals surface area contributed by atoms with E-state index in [9.17, 15) is 9.90 Å². The van der Waals surface area contributed by atoms with Gasteiger partial charge in [-0.2, -0.15) is 0 Å². The van der Waals surface area contributed by atoms with Crippen molar-refractivity contribution in [2.75, 3.05) is 26.2 Å². The van der Waals surface area contributed by atoms with Crippen LogP contribution >= 0.6 is 0 Å². The molecule has 1 aliphatic heterocycles. The smallest absolute Gasteiger partial charge is 0.309 e. The zero-order chi connectivity index (χ0) is 18.4. The van der Waals surface area contributed by atoms with Crippen LogP contribution in [-0.2, 0) is 4.79 Å². The molecule has 2 rings (SSSR count). The third-order valence-electron chi connectivity index (χ3n) is 5.57. The molecule has 1 saturated heterocycles. The van der Waals surface area contributed by atoms with Crippen molar-refractivity contribution in [1.82, 2.24) is 4.90 Å². The largest absolute Gasteiger partial charge is 0.493 e. The second-order valence-electron chi connectivity index (χ2n) is 7.99. The van der Waals surface area contributed by atoms with E-state index in [1.165, 1.54) is 24.8 Å². The molecule has 4 nitrogen and oxygen atoms in total. The fourth-order valence-corrected chi connectivity index (χ4v) is 3.48. The molecule has 0 saturated carbocycles. The van der Waals surface area contributed by atoms with Gasteiger partial charge in [-0.3, -0.25) is 4.79 Å². The molecule has 0 spiro atoms. The van der Waals surface area contributed by atoms with E-state index >= 15 is 0 Å². The summed E-state index contributed by atoms with van der Waals surface area (Å²) in [6.45, 7) is 11.4. The molecule has 0 amide bonds. The number of ether oxygens (including phenoxy) is 1. The molecule has 1 fully saturated rings. The number of hydrogen-bond donors (Lipinski definition) is 1. The van der Waals surface area contributed by atoms with E-state index in [-0.39, 0.29) is 5.92 Å². The number of likely N-dealkylation sites (tertiary alicyclic amines) is 1. The Bertz CT molecular complexity index is 577. The Labute approximate surface area is 152 Å². The minimum absolute atomic E-state index is 0.0771. The lowest BCUT2D eigenvalue weighted by Crippen LogP contribution is -2.43. The number of carbonyl (C=O) groups is 1. The lowest BCUT2D eigenvalue weighted by molar-refractivity contribution is -0.151. The number of nitrogens with zero attached hydrogens (tertiary/aromatic N) is 1. The topological polar surface area (TPSA) is 49.8 Å². The van der Waals surface area contributed by atoms with Gasteiger partial charge in [-0.05, 0) is 83.2 Å². The predicted octanol–water partition coefficient (Wildman–Crippen LogP) is 4.29. The molecule has 0 bridgehead atoms. The van der Waals surface area contributed by atoms with Crippen molar-refractivity contribution in [2.45, 2.75) is 53.4 Å². The molecular formula is C21H33NO3. The number of benzene rings is 1. The maximum atomic E-state index is 11.8. The van der Waals surface area contributed by atoms with Crippen LogP contribution in [0.1, 0.15) is 50.7 Å². The lowest BCUT2D eigenvalue weighted by Gasteiger charge is -2.36. The van der Waals surface area contributed by atoms with Gasteiger partial charge < -0.3 is 14.7 Å². The van der Waals surface area contributed by atoms with Crippen LogP contribution in [0.2, 0.25) is 0 Å². The number of piperidine rings is 1. The van der Waals surface area contributed by atoms with Gasteiger partial charge in [-0.25, -0.2) is 0 Å². The Kier molecular flexibility index (Phi) is 6.88. The van der Waals surface area contributed by atoms with Crippen LogP contribution < -0.4 is 4.74 Å². The molecule has 25 heavy (non-hydrogen) atoms. The molecule has 1 unspecified atom stereocenters. The molecule has 1 atom stereocenters. The average Bonchev–Trinajstić information content (AvgIpc) is 2.57. The van der Waals surface area contributed by atoms with E-state index in [4.69, 9.17) is 4.74 Å². The molecule has 1 aliphatic rings. The van der Waals surface area contributed by atoms with Gasteiger partial charge in [-0.15, -0.1) is 0 Å². The summed E-state index contributed by atoms with van der Waals surface area (Å²) < 4.78 is 6.00. The van der Waals surface area contributed by atoms with Crippen molar-refractivity contribution >= 4 is 5.97 Å². The monoisotopic (exact) mass is 347 g/mol. The van der Waals surface area contributed by atoms with Crippen LogP contribution in [-0.4, -0.2) is 42.2 Å². The van der Waals surface area contributed by atoms with Crippen molar-refractivity contribution in [3.8, 4) is 5.75 Å². The Morgan fingerprint density at radius 2 is 1.92 bits per heavy atom. The SMILES string of the molecule is Cc1ccc(C)c(OCCC(CN2CCCCC2)C(C)(C)C(=O)O)c1. The van der Waals surface area contributed by atoms with Crippen LogP contribution in [0.25, 0.3) is 0 Å². The molecule has 1 aromatic carbocycles. The standard InChI is InChI=1S/C21H33NO3/c1-16-8-9-17(2)19(14-16)25-13-10-18(21(3,4)20(23)24)15-22-11-6-5-7-12-22/h8-9,14,18H,5-7,10-13,15H2,1-4H3,(H,23,24). The maximum absolute atomic E-state index is 11.8. The first-order valence-electron chi connectivity index (χ1n) is 9.46. The zero-order valence-electron chi connectivity index (χ0n) is 16.2. The summed E-state index contributed by atoms with van der Waals surface area (Å²) in [7, 11) is 0. The van der Waals surface area contributed by atoms with Gasteiger partial charge in [0.05, 0.1) is 12.0 Å². The van der Waals surface area contributed by atoms with Crippen molar-refractivity contribution < 1.29 is 14.6 Å². The van der Waals surface area contributed by atoms with Crippen LogP contribution in [0.4, 0.5) is 0 Å². The van der Waals surface area contributed by atoms with Gasteiger partial charge in [-0.1, -0.05) is 18.6 Å². The highest BCUT2D eigenvalue weighted by molar-refractivity contribution is 5.74. The fraction of sp³-hybridized carbons (Fsp3) is 0.667. The summed E-state index contributed by atoms with van der Waals surface area (Å²) in [6, 6.07) is 6.20. The lowest BCUT2D eigenvalue weighted by atomic mass is 9.76. The van der Waals surface area contributed by atoms with Gasteiger partial charge in [0.15, 0.2) is 0 Å². The second-order valence-corrected chi connectivity index (χ2v) is 7.99. The van der Waals surface area contributed by atoms with Crippen molar-refractivity contribution in [2.24, 2.45) is 11.3 Å². The predicted molar refractivity (Wildman–Crippen MR) is 101 cm³/mol. The van der Waals surface area contributed by atoms with E-state index in [1.54, 1.807) is 0 Å². The maximum Gasteiger partial charge on any atom is 0.309 e. The quantitative estimate of drug-likeness (QED) is 0.762. The van der Waals surface area contributed by atoms with Crippen molar-refractivity contribution in [1.29, 1.82) is 0 Å². The summed E-state index contributed by atoms with van der Waals surface area (Å²) in [4.78, 5) is 14.2. The molecule has 0 aliphatic carbocycles. The first-order chi connectivity index (χ1) is 11.8. The molecule has 0 radical (unpaired) electrons. The van der Waals surface area contributed by atoms with Crippen molar-refractivity contribution in [3.63, 3.8) is 0 Å². The van der Waals surface area contributed by atoms with Gasteiger partial charge in [0.2, 0.25) is 0 Å². The number of carboxylic acid groups (broad SMARTS) is 1. The van der Waals surface area contributed by atoms with E-state index < -0.39 is 11.4 Å². The van der Waals surface area contributed by atoms with Gasteiger partial charge in [0, 0.05) is 6.54 Å². The number of aliphatic carboxylic acids is 1. The minimum atomic E-state index is -0.748. The van der Waals surface area contributed by atoms with Crippen LogP contribution in [0.3, 0.4) is 0 Å². The van der Waals surface area contributed by atoms with Crippen LogP contribution in [0.15, 0.2) is 18.2 Å². The summed E-state index contributed by atoms with van der Waals surface area (Å²) in [5.74, 6) is 0.263. The fourth-order valence-electron chi connectivity index (χ4n) is 3.48. The Hall–Kier alpha value is -1.55. The molecule has 1 aromatic rings. The third-order valence-corrected chi connectivity index (χ3v) is 5.57. The van der Waals surface area contributed by atoms with E-state index in [1.807, 2.05) is 20.8 Å². The van der Waals surface area contributed by atoms with Crippen LogP contribution in [0.5, 0.6) is 5.75 Å². The van der Waals surface area contributed by atoms with Crippen LogP contribution in [0, 0.1) is 25.2 Å². The number of carboxylic acids is 1.